The van der Waals surface area contributed by atoms with Gasteiger partial charge in [-0.3, -0.25) is 9.36 Å². The first-order valence-corrected chi connectivity index (χ1v) is 13.6. The minimum Gasteiger partial charge on any atom is -0.493 e. The maximum atomic E-state index is 13.9. The van der Waals surface area contributed by atoms with Crippen LogP contribution in [0.25, 0.3) is 11.8 Å². The minimum atomic E-state index is -0.262. The molecular weight excluding hydrogens is 583 g/mol. The molecule has 6 rings (SSSR count). The van der Waals surface area contributed by atoms with E-state index in [1.807, 2.05) is 47.0 Å². The van der Waals surface area contributed by atoms with Gasteiger partial charge >= 0.3 is 0 Å². The second-order valence-electron chi connectivity index (χ2n) is 8.78. The molecule has 2 heterocycles. The number of benzene rings is 3. The van der Waals surface area contributed by atoms with Gasteiger partial charge in [0.05, 0.1) is 30.5 Å². The van der Waals surface area contributed by atoms with Gasteiger partial charge < -0.3 is 9.47 Å². The van der Waals surface area contributed by atoms with Crippen LogP contribution in [0, 0.1) is 3.57 Å². The number of hydrogen-bond acceptors (Lipinski definition) is 5. The Kier molecular flexibility index (Phi) is 6.05. The molecule has 0 radical (unpaired) electrons. The minimum absolute atomic E-state index is 0.0252. The lowest BCUT2D eigenvalue weighted by Crippen LogP contribution is -2.38. The topological polar surface area (TPSA) is 52.8 Å². The van der Waals surface area contributed by atoms with Crippen molar-refractivity contribution in [3.8, 4) is 11.5 Å². The number of halogens is 1. The Morgan fingerprint density at radius 2 is 1.83 bits per heavy atom. The molecule has 1 aliphatic carbocycles. The monoisotopic (exact) mass is 606 g/mol. The molecule has 1 aromatic heterocycles. The molecule has 180 valence electrons. The summed E-state index contributed by atoms with van der Waals surface area (Å²) in [5.41, 5.74) is 6.56. The van der Waals surface area contributed by atoms with Crippen molar-refractivity contribution in [2.75, 3.05) is 14.2 Å². The molecule has 1 aliphatic heterocycles. The van der Waals surface area contributed by atoms with Crippen LogP contribution < -0.4 is 24.4 Å². The number of hydrogen-bond donors (Lipinski definition) is 0. The molecule has 0 saturated heterocycles. The van der Waals surface area contributed by atoms with E-state index < -0.39 is 0 Å². The van der Waals surface area contributed by atoms with Crippen molar-refractivity contribution in [2.24, 2.45) is 4.99 Å². The van der Waals surface area contributed by atoms with E-state index >= 15 is 0 Å². The third kappa shape index (κ3) is 3.90. The van der Waals surface area contributed by atoms with Gasteiger partial charge in [0, 0.05) is 9.13 Å². The van der Waals surface area contributed by atoms with E-state index in [-0.39, 0.29) is 11.6 Å². The summed E-state index contributed by atoms with van der Waals surface area (Å²) in [5, 5.41) is 0. The Bertz CT molecular complexity index is 1720. The maximum absolute atomic E-state index is 13.9. The van der Waals surface area contributed by atoms with Crippen LogP contribution in [-0.2, 0) is 6.42 Å². The Hall–Kier alpha value is -3.17. The smallest absolute Gasteiger partial charge is 0.271 e. The summed E-state index contributed by atoms with van der Waals surface area (Å²) < 4.78 is 14.8. The summed E-state index contributed by atoms with van der Waals surface area (Å²) in [6, 6.07) is 22.3. The molecule has 0 amide bonds. The zero-order chi connectivity index (χ0) is 24.8. The molecule has 0 spiro atoms. The normalized spacial score (nSPS) is 16.6. The molecule has 0 N–H and O–H groups in total. The molecule has 0 fully saturated rings. The third-order valence-corrected chi connectivity index (χ3v) is 8.40. The molecule has 0 unspecified atom stereocenters. The molecule has 7 heteroatoms. The highest BCUT2D eigenvalue weighted by atomic mass is 127. The number of fused-ring (bicyclic) bond motifs is 3. The predicted octanol–water partition coefficient (Wildman–Crippen LogP) is 4.94. The first kappa shape index (κ1) is 23.2. The first-order valence-electron chi connectivity index (χ1n) is 11.7. The molecule has 5 nitrogen and oxygen atoms in total. The Morgan fingerprint density at radius 1 is 1.00 bits per heavy atom. The third-order valence-electron chi connectivity index (χ3n) is 6.74. The Labute approximate surface area is 226 Å². The fraction of sp³-hybridized carbons (Fsp3) is 0.172. The second-order valence-corrected chi connectivity index (χ2v) is 11.0. The van der Waals surface area contributed by atoms with E-state index in [2.05, 4.69) is 52.9 Å². The van der Waals surface area contributed by atoms with E-state index in [0.29, 0.717) is 20.8 Å². The van der Waals surface area contributed by atoms with E-state index in [4.69, 9.17) is 14.5 Å². The van der Waals surface area contributed by atoms with Crippen LogP contribution >= 0.6 is 33.9 Å². The van der Waals surface area contributed by atoms with Crippen molar-refractivity contribution in [3.63, 3.8) is 0 Å². The van der Waals surface area contributed by atoms with Crippen molar-refractivity contribution in [1.29, 1.82) is 0 Å². The first-order chi connectivity index (χ1) is 17.6. The van der Waals surface area contributed by atoms with Gasteiger partial charge in [0.15, 0.2) is 16.3 Å². The maximum Gasteiger partial charge on any atom is 0.271 e. The van der Waals surface area contributed by atoms with Gasteiger partial charge in [0.1, 0.15) is 0 Å². The Morgan fingerprint density at radius 3 is 2.64 bits per heavy atom. The van der Waals surface area contributed by atoms with Gasteiger partial charge in [0.2, 0.25) is 0 Å². The van der Waals surface area contributed by atoms with Crippen LogP contribution in [0.3, 0.4) is 0 Å². The molecule has 2 aliphatic rings. The summed E-state index contributed by atoms with van der Waals surface area (Å²) in [5.74, 6) is 1.31. The predicted molar refractivity (Wildman–Crippen MR) is 151 cm³/mol. The highest BCUT2D eigenvalue weighted by Gasteiger charge is 2.33. The summed E-state index contributed by atoms with van der Waals surface area (Å²) in [6.07, 6.45) is 3.73. The van der Waals surface area contributed by atoms with Gasteiger partial charge in [-0.25, -0.2) is 4.99 Å². The summed E-state index contributed by atoms with van der Waals surface area (Å²) in [4.78, 5) is 19.7. The van der Waals surface area contributed by atoms with E-state index in [1.165, 1.54) is 16.9 Å². The summed E-state index contributed by atoms with van der Waals surface area (Å²) in [6.45, 7) is 0. The number of thiazole rings is 1. The lowest BCUT2D eigenvalue weighted by atomic mass is 9.83. The largest absolute Gasteiger partial charge is 0.493 e. The molecular formula is C29H23IN2O3S. The van der Waals surface area contributed by atoms with Gasteiger partial charge in [-0.05, 0) is 88.0 Å². The van der Waals surface area contributed by atoms with Gasteiger partial charge in [-0.2, -0.15) is 0 Å². The second kappa shape index (κ2) is 9.37. The van der Waals surface area contributed by atoms with Crippen LogP contribution in [0.1, 0.15) is 34.7 Å². The van der Waals surface area contributed by atoms with Gasteiger partial charge in [0.25, 0.3) is 5.56 Å². The zero-order valence-electron chi connectivity index (χ0n) is 19.8. The van der Waals surface area contributed by atoms with Crippen LogP contribution in [0.4, 0.5) is 0 Å². The molecule has 1 atom stereocenters. The van der Waals surface area contributed by atoms with Crippen molar-refractivity contribution in [2.45, 2.75) is 18.9 Å². The standard InChI is InChI=1S/C29H23IN2O3S/c1-34-23-13-11-19(16-24(23)35-2)27-22-12-10-18-7-3-4-9-21(18)26(22)31-29-32(27)28(33)25(36-29)15-17-6-5-8-20(30)14-17/h3-9,11,13-16,27H,10,12H2,1-2H3/b25-15-/t27-/m1/s1. The van der Waals surface area contributed by atoms with Crippen molar-refractivity contribution >= 4 is 45.7 Å². The van der Waals surface area contributed by atoms with Gasteiger partial charge in [-0.15, -0.1) is 0 Å². The van der Waals surface area contributed by atoms with E-state index in [1.54, 1.807) is 14.2 Å². The number of rotatable bonds is 4. The van der Waals surface area contributed by atoms with E-state index in [9.17, 15) is 4.79 Å². The summed E-state index contributed by atoms with van der Waals surface area (Å²) in [7, 11) is 3.26. The lowest BCUT2D eigenvalue weighted by molar-refractivity contribution is 0.354. The van der Waals surface area contributed by atoms with Gasteiger partial charge in [-0.1, -0.05) is 53.8 Å². The van der Waals surface area contributed by atoms with Crippen molar-refractivity contribution < 1.29 is 9.47 Å². The number of methoxy groups -OCH3 is 2. The average Bonchev–Trinajstić information content (AvgIpc) is 3.21. The Balaban J connectivity index is 1.63. The highest BCUT2D eigenvalue weighted by molar-refractivity contribution is 14.1. The van der Waals surface area contributed by atoms with Crippen LogP contribution in [0.15, 0.2) is 82.1 Å². The van der Waals surface area contributed by atoms with Crippen LogP contribution in [0.2, 0.25) is 0 Å². The molecule has 36 heavy (non-hydrogen) atoms. The number of allylic oxidation sites excluding steroid dienone is 1. The SMILES string of the molecule is COc1ccc([C@@H]2C3=C(N=c4s/c(=C\c5cccc(I)c5)c(=O)n42)c2ccccc2CC3)cc1OC. The molecule has 0 bridgehead atoms. The number of aryl methyl sites for hydroxylation is 1. The van der Waals surface area contributed by atoms with Crippen LogP contribution in [0.5, 0.6) is 11.5 Å². The van der Waals surface area contributed by atoms with Crippen molar-refractivity contribution in [3.05, 3.63) is 118 Å². The number of aromatic nitrogens is 1. The number of ether oxygens (including phenoxy) is 2. The average molecular weight is 606 g/mol. The van der Waals surface area contributed by atoms with E-state index in [0.717, 1.165) is 44.4 Å². The fourth-order valence-corrected chi connectivity index (χ4v) is 6.66. The highest BCUT2D eigenvalue weighted by Crippen LogP contribution is 2.42. The lowest BCUT2D eigenvalue weighted by Gasteiger charge is -2.31. The molecule has 4 aromatic rings. The van der Waals surface area contributed by atoms with Crippen molar-refractivity contribution in [1.82, 2.24) is 4.57 Å². The summed E-state index contributed by atoms with van der Waals surface area (Å²) >= 11 is 3.74. The number of nitrogens with zero attached hydrogens (tertiary/aromatic N) is 2. The van der Waals surface area contributed by atoms with Crippen LogP contribution in [-0.4, -0.2) is 18.8 Å². The quantitative estimate of drug-likeness (QED) is 0.310. The molecule has 3 aromatic carbocycles. The zero-order valence-corrected chi connectivity index (χ0v) is 22.8. The molecule has 0 saturated carbocycles. The fourth-order valence-electron chi connectivity index (χ4n) is 5.09.